The van der Waals surface area contributed by atoms with Gasteiger partial charge in [0.05, 0.1) is 18.0 Å². The fraction of sp³-hybridized carbons (Fsp3) is 0.263. The van der Waals surface area contributed by atoms with Gasteiger partial charge in [-0.2, -0.15) is 13.2 Å². The number of amides is 2. The van der Waals surface area contributed by atoms with Crippen molar-refractivity contribution in [3.8, 4) is 0 Å². The molecule has 1 heterocycles. The average molecular weight is 378 g/mol. The molecule has 1 aliphatic rings. The van der Waals surface area contributed by atoms with Crippen LogP contribution in [0.2, 0.25) is 0 Å². The van der Waals surface area contributed by atoms with Gasteiger partial charge in [-0.15, -0.1) is 0 Å². The second-order valence-corrected chi connectivity index (χ2v) is 6.26. The first-order chi connectivity index (χ1) is 12.8. The number of nitrogens with zero attached hydrogens (tertiary/aromatic N) is 1. The zero-order valence-electron chi connectivity index (χ0n) is 14.2. The van der Waals surface area contributed by atoms with Crippen molar-refractivity contribution in [2.75, 3.05) is 11.9 Å². The lowest BCUT2D eigenvalue weighted by atomic mass is 9.91. The number of fused-ring (bicyclic) bond motifs is 1. The van der Waals surface area contributed by atoms with Crippen LogP contribution in [0.3, 0.4) is 0 Å². The third kappa shape index (κ3) is 4.21. The molecule has 2 N–H and O–H groups in total. The van der Waals surface area contributed by atoms with Crippen LogP contribution < -0.4 is 5.32 Å². The van der Waals surface area contributed by atoms with E-state index in [0.29, 0.717) is 6.42 Å². The Morgan fingerprint density at radius 1 is 1.15 bits per heavy atom. The quantitative estimate of drug-likeness (QED) is 0.836. The Morgan fingerprint density at radius 2 is 1.89 bits per heavy atom. The number of urea groups is 1. The number of carbonyl (C=O) groups is 2. The number of aliphatic carboxylic acids is 1. The second kappa shape index (κ2) is 7.30. The molecule has 0 fully saturated rings. The molecule has 1 aliphatic heterocycles. The van der Waals surface area contributed by atoms with Gasteiger partial charge in [0.1, 0.15) is 0 Å². The van der Waals surface area contributed by atoms with Crippen molar-refractivity contribution in [3.63, 3.8) is 0 Å². The monoisotopic (exact) mass is 378 g/mol. The molecule has 142 valence electrons. The first-order valence-corrected chi connectivity index (χ1v) is 8.30. The number of carbonyl (C=O) groups excluding carboxylic acids is 1. The van der Waals surface area contributed by atoms with Gasteiger partial charge in [-0.05, 0) is 35.7 Å². The van der Waals surface area contributed by atoms with Crippen LogP contribution >= 0.6 is 0 Å². The lowest BCUT2D eigenvalue weighted by Crippen LogP contribution is -2.43. The predicted octanol–water partition coefficient (Wildman–Crippen LogP) is 4.31. The van der Waals surface area contributed by atoms with E-state index in [1.807, 2.05) is 12.1 Å². The predicted molar refractivity (Wildman–Crippen MR) is 92.3 cm³/mol. The Bertz CT molecular complexity index is 867. The lowest BCUT2D eigenvalue weighted by molar-refractivity contribution is -0.139. The molecule has 0 bridgehead atoms. The molecule has 5 nitrogen and oxygen atoms in total. The Morgan fingerprint density at radius 3 is 2.59 bits per heavy atom. The number of carboxylic acid groups (broad SMARTS) is 1. The molecule has 2 aromatic rings. The minimum absolute atomic E-state index is 0.00255. The fourth-order valence-corrected chi connectivity index (χ4v) is 3.25. The summed E-state index contributed by atoms with van der Waals surface area (Å²) >= 11 is 0. The van der Waals surface area contributed by atoms with Crippen LogP contribution in [0.1, 0.15) is 29.2 Å². The number of carboxylic acids is 1. The molecule has 1 atom stereocenters. The zero-order chi connectivity index (χ0) is 19.6. The number of benzene rings is 2. The van der Waals surface area contributed by atoms with E-state index >= 15 is 0 Å². The van der Waals surface area contributed by atoms with E-state index in [9.17, 15) is 27.9 Å². The van der Waals surface area contributed by atoms with Gasteiger partial charge in [-0.3, -0.25) is 4.79 Å². The van der Waals surface area contributed by atoms with Crippen LogP contribution in [0.25, 0.3) is 0 Å². The summed E-state index contributed by atoms with van der Waals surface area (Å²) in [6.07, 6.45) is -4.26. The molecule has 3 rings (SSSR count). The van der Waals surface area contributed by atoms with Crippen molar-refractivity contribution in [3.05, 3.63) is 65.2 Å². The highest BCUT2D eigenvalue weighted by atomic mass is 19.4. The highest BCUT2D eigenvalue weighted by Gasteiger charge is 2.33. The maximum atomic E-state index is 12.8. The van der Waals surface area contributed by atoms with E-state index in [1.165, 1.54) is 17.0 Å². The highest BCUT2D eigenvalue weighted by Crippen LogP contribution is 2.34. The average Bonchev–Trinajstić information content (AvgIpc) is 2.61. The Labute approximate surface area is 153 Å². The number of alkyl halides is 3. The maximum absolute atomic E-state index is 12.8. The molecule has 0 saturated heterocycles. The van der Waals surface area contributed by atoms with Crippen LogP contribution in [0.5, 0.6) is 0 Å². The molecule has 2 amide bonds. The molecule has 0 aromatic heterocycles. The number of hydrogen-bond donors (Lipinski definition) is 2. The zero-order valence-corrected chi connectivity index (χ0v) is 14.2. The third-order valence-electron chi connectivity index (χ3n) is 4.48. The van der Waals surface area contributed by atoms with E-state index < -0.39 is 29.8 Å². The summed E-state index contributed by atoms with van der Waals surface area (Å²) in [5.74, 6) is -1.06. The van der Waals surface area contributed by atoms with Crippen molar-refractivity contribution in [1.82, 2.24) is 4.90 Å². The summed E-state index contributed by atoms with van der Waals surface area (Å²) in [6.45, 7) is 0.278. The van der Waals surface area contributed by atoms with Gasteiger partial charge in [0, 0.05) is 12.2 Å². The van der Waals surface area contributed by atoms with Crippen molar-refractivity contribution < 1.29 is 27.9 Å². The van der Waals surface area contributed by atoms with Crippen molar-refractivity contribution in [1.29, 1.82) is 0 Å². The standard InChI is InChI=1S/C19H17F3N2O3/c20-19(21,22)13-5-3-6-14(10-13)23-18(27)24-9-8-12-4-1-2-7-15(12)16(24)11-17(25)26/h1-7,10,16H,8-9,11H2,(H,23,27)(H,25,26). The van der Waals surface area contributed by atoms with Gasteiger partial charge in [-0.25, -0.2) is 4.79 Å². The SMILES string of the molecule is O=C(O)CC1c2ccccc2CCN1C(=O)Nc1cccc(C(F)(F)F)c1. The summed E-state index contributed by atoms with van der Waals surface area (Å²) in [7, 11) is 0. The van der Waals surface area contributed by atoms with Crippen LogP contribution in [-0.2, 0) is 17.4 Å². The Kier molecular flexibility index (Phi) is 5.07. The lowest BCUT2D eigenvalue weighted by Gasteiger charge is -2.36. The van der Waals surface area contributed by atoms with Crippen LogP contribution in [0, 0.1) is 0 Å². The van der Waals surface area contributed by atoms with Gasteiger partial charge in [0.2, 0.25) is 0 Å². The summed E-state index contributed by atoms with van der Waals surface area (Å²) < 4.78 is 38.5. The number of rotatable bonds is 3. The Hall–Kier alpha value is -3.03. The number of anilines is 1. The van der Waals surface area contributed by atoms with E-state index in [1.54, 1.807) is 12.1 Å². The van der Waals surface area contributed by atoms with Gasteiger partial charge in [-0.1, -0.05) is 30.3 Å². The van der Waals surface area contributed by atoms with E-state index in [0.717, 1.165) is 23.3 Å². The fourth-order valence-electron chi connectivity index (χ4n) is 3.25. The maximum Gasteiger partial charge on any atom is 0.416 e. The highest BCUT2D eigenvalue weighted by molar-refractivity contribution is 5.90. The topological polar surface area (TPSA) is 69.6 Å². The minimum Gasteiger partial charge on any atom is -0.481 e. The molecule has 27 heavy (non-hydrogen) atoms. The van der Waals surface area contributed by atoms with Crippen LogP contribution in [-0.4, -0.2) is 28.6 Å². The van der Waals surface area contributed by atoms with Crippen molar-refractivity contribution >= 4 is 17.7 Å². The number of halogens is 3. The molecule has 0 aliphatic carbocycles. The summed E-state index contributed by atoms with van der Waals surface area (Å²) in [6, 6.07) is 10.3. The van der Waals surface area contributed by atoms with Crippen LogP contribution in [0.15, 0.2) is 48.5 Å². The summed E-state index contributed by atoms with van der Waals surface area (Å²) in [4.78, 5) is 25.3. The molecule has 1 unspecified atom stereocenters. The number of nitrogens with one attached hydrogen (secondary N) is 1. The molecule has 0 radical (unpaired) electrons. The first-order valence-electron chi connectivity index (χ1n) is 8.30. The summed E-state index contributed by atoms with van der Waals surface area (Å²) in [5, 5.41) is 11.7. The first kappa shape index (κ1) is 18.8. The van der Waals surface area contributed by atoms with E-state index in [4.69, 9.17) is 0 Å². The molecular weight excluding hydrogens is 361 g/mol. The molecule has 8 heteroatoms. The largest absolute Gasteiger partial charge is 0.481 e. The van der Waals surface area contributed by atoms with E-state index in [2.05, 4.69) is 5.32 Å². The van der Waals surface area contributed by atoms with Crippen LogP contribution in [0.4, 0.5) is 23.7 Å². The smallest absolute Gasteiger partial charge is 0.416 e. The second-order valence-electron chi connectivity index (χ2n) is 6.26. The van der Waals surface area contributed by atoms with Gasteiger partial charge in [0.25, 0.3) is 0 Å². The minimum atomic E-state index is -4.52. The van der Waals surface area contributed by atoms with E-state index in [-0.39, 0.29) is 18.7 Å². The van der Waals surface area contributed by atoms with Crippen molar-refractivity contribution in [2.24, 2.45) is 0 Å². The molecule has 0 spiro atoms. The van der Waals surface area contributed by atoms with Gasteiger partial charge in [0.15, 0.2) is 0 Å². The Balaban J connectivity index is 1.84. The number of hydrogen-bond acceptors (Lipinski definition) is 2. The van der Waals surface area contributed by atoms with Gasteiger partial charge >= 0.3 is 18.2 Å². The molecule has 0 saturated carbocycles. The third-order valence-corrected chi connectivity index (χ3v) is 4.48. The molecule has 2 aromatic carbocycles. The van der Waals surface area contributed by atoms with Gasteiger partial charge < -0.3 is 15.3 Å². The normalized spacial score (nSPS) is 16.6. The van der Waals surface area contributed by atoms with Crippen molar-refractivity contribution in [2.45, 2.75) is 25.1 Å². The summed E-state index contributed by atoms with van der Waals surface area (Å²) in [5.41, 5.74) is 0.839. The molecular formula is C19H17F3N2O3.